The first-order chi connectivity index (χ1) is 18.7. The molecule has 2 aliphatic rings. The van der Waals surface area contributed by atoms with Gasteiger partial charge in [-0.25, -0.2) is 4.98 Å². The number of amides is 3. The van der Waals surface area contributed by atoms with Gasteiger partial charge in [0.25, 0.3) is 0 Å². The van der Waals surface area contributed by atoms with Crippen LogP contribution in [0.3, 0.4) is 0 Å². The Morgan fingerprint density at radius 2 is 1.85 bits per heavy atom. The van der Waals surface area contributed by atoms with Gasteiger partial charge in [-0.3, -0.25) is 19.3 Å². The van der Waals surface area contributed by atoms with E-state index in [1.54, 1.807) is 0 Å². The summed E-state index contributed by atoms with van der Waals surface area (Å²) >= 11 is 1.31. The number of anilines is 1. The van der Waals surface area contributed by atoms with Crippen LogP contribution in [0.15, 0.2) is 60.0 Å². The minimum Gasteiger partial charge on any atom is -0.494 e. The number of thiazole rings is 1. The molecule has 2 aromatic carbocycles. The Kier molecular flexibility index (Phi) is 7.33. The molecule has 39 heavy (non-hydrogen) atoms. The van der Waals surface area contributed by atoms with Gasteiger partial charge in [0.05, 0.1) is 17.7 Å². The molecule has 5 rings (SSSR count). The van der Waals surface area contributed by atoms with Crippen LogP contribution in [-0.2, 0) is 20.8 Å². The van der Waals surface area contributed by atoms with Crippen molar-refractivity contribution >= 4 is 34.2 Å². The second-order valence-electron chi connectivity index (χ2n) is 11.3. The van der Waals surface area contributed by atoms with Crippen molar-refractivity contribution in [1.29, 1.82) is 0 Å². The lowest BCUT2D eigenvalue weighted by Gasteiger charge is -2.49. The van der Waals surface area contributed by atoms with E-state index in [9.17, 15) is 14.4 Å². The third-order valence-corrected chi connectivity index (χ3v) is 9.45. The van der Waals surface area contributed by atoms with Crippen LogP contribution >= 0.6 is 11.3 Å². The maximum absolute atomic E-state index is 13.9. The van der Waals surface area contributed by atoms with Crippen LogP contribution in [0.1, 0.15) is 52.5 Å². The Hall–Kier alpha value is -3.52. The number of carbonyl (C=O) groups is 3. The summed E-state index contributed by atoms with van der Waals surface area (Å²) in [7, 11) is 0. The summed E-state index contributed by atoms with van der Waals surface area (Å²) in [5, 5.41) is 5.21. The van der Waals surface area contributed by atoms with Crippen molar-refractivity contribution in [3.05, 3.63) is 65.5 Å². The monoisotopic (exact) mass is 545 g/mol. The van der Waals surface area contributed by atoms with Crippen LogP contribution in [0, 0.1) is 16.7 Å². The summed E-state index contributed by atoms with van der Waals surface area (Å²) in [5.74, 6) is -0.405. The van der Waals surface area contributed by atoms with Crippen molar-refractivity contribution in [3.63, 3.8) is 0 Å². The predicted molar refractivity (Wildman–Crippen MR) is 152 cm³/mol. The van der Waals surface area contributed by atoms with Crippen LogP contribution in [0.25, 0.3) is 11.3 Å². The van der Waals surface area contributed by atoms with Crippen LogP contribution in [-0.4, -0.2) is 40.3 Å². The molecule has 1 N–H and O–H groups in total. The van der Waals surface area contributed by atoms with E-state index in [0.29, 0.717) is 24.6 Å². The van der Waals surface area contributed by atoms with Crippen molar-refractivity contribution in [2.75, 3.05) is 11.9 Å². The van der Waals surface area contributed by atoms with E-state index in [-0.39, 0.29) is 24.2 Å². The number of hydrogen-bond donors (Lipinski definition) is 1. The molecule has 3 unspecified atom stereocenters. The number of aromatic nitrogens is 1. The Labute approximate surface area is 233 Å². The largest absolute Gasteiger partial charge is 0.494 e. The quantitative estimate of drug-likeness (QED) is 0.335. The highest BCUT2D eigenvalue weighted by molar-refractivity contribution is 7.14. The molecule has 1 saturated carbocycles. The molecule has 1 aromatic heterocycles. The van der Waals surface area contributed by atoms with E-state index < -0.39 is 22.8 Å². The first-order valence-electron chi connectivity index (χ1n) is 13.6. The Bertz CT molecular complexity index is 1370. The summed E-state index contributed by atoms with van der Waals surface area (Å²) in [5.41, 5.74) is 1.37. The topological polar surface area (TPSA) is 88.6 Å². The molecule has 204 valence electrons. The second kappa shape index (κ2) is 10.6. The fourth-order valence-electron chi connectivity index (χ4n) is 5.88. The van der Waals surface area contributed by atoms with E-state index in [1.165, 1.54) is 16.2 Å². The average Bonchev–Trinajstić information content (AvgIpc) is 3.46. The normalized spacial score (nSPS) is 22.6. The molecule has 1 aliphatic heterocycles. The van der Waals surface area contributed by atoms with Crippen molar-refractivity contribution in [2.24, 2.45) is 16.7 Å². The molecule has 3 amide bonds. The van der Waals surface area contributed by atoms with Gasteiger partial charge in [-0.2, -0.15) is 0 Å². The van der Waals surface area contributed by atoms with Crippen molar-refractivity contribution in [2.45, 2.75) is 59.4 Å². The molecule has 0 radical (unpaired) electrons. The minimum absolute atomic E-state index is 0.241. The van der Waals surface area contributed by atoms with Gasteiger partial charge in [-0.15, -0.1) is 11.3 Å². The Morgan fingerprint density at radius 1 is 1.13 bits per heavy atom. The molecule has 7 nitrogen and oxygen atoms in total. The third-order valence-electron chi connectivity index (χ3n) is 8.70. The SMILES string of the molecule is CCCOc1ccc(-c2csc(NC(=O)C(Cc3ccccc3)N3C(=O)C4CCC(C)(C3=O)C4(C)C)n2)cc1. The van der Waals surface area contributed by atoms with Crippen molar-refractivity contribution in [1.82, 2.24) is 9.88 Å². The van der Waals surface area contributed by atoms with E-state index in [2.05, 4.69) is 17.2 Å². The van der Waals surface area contributed by atoms with Crippen molar-refractivity contribution < 1.29 is 19.1 Å². The standard InChI is InChI=1S/C31H35N3O4S/c1-5-17-38-22-13-11-21(12-14-22)24-19-39-29(32-24)33-26(35)25(18-20-9-7-6-8-10-20)34-27(36)23-15-16-31(4,28(34)37)30(23,2)3/h6-14,19,23,25H,5,15-18H2,1-4H3,(H,32,33,35). The van der Waals surface area contributed by atoms with Crippen LogP contribution < -0.4 is 10.1 Å². The number of fused-ring (bicyclic) bond motifs is 2. The zero-order valence-electron chi connectivity index (χ0n) is 22.9. The molecule has 3 aromatic rings. The molecule has 2 fully saturated rings. The first-order valence-corrected chi connectivity index (χ1v) is 14.4. The summed E-state index contributed by atoms with van der Waals surface area (Å²) in [4.78, 5) is 47.3. The molecular formula is C31H35N3O4S. The fourth-order valence-corrected chi connectivity index (χ4v) is 6.60. The number of rotatable bonds is 9. The number of piperidine rings is 1. The van der Waals surface area contributed by atoms with E-state index in [4.69, 9.17) is 4.74 Å². The first kappa shape index (κ1) is 27.1. The lowest BCUT2D eigenvalue weighted by Crippen LogP contribution is -2.64. The van der Waals surface area contributed by atoms with Gasteiger partial charge >= 0.3 is 0 Å². The Morgan fingerprint density at radius 3 is 2.54 bits per heavy atom. The highest BCUT2D eigenvalue weighted by Gasteiger charge is 2.65. The van der Waals surface area contributed by atoms with Gasteiger partial charge in [0, 0.05) is 23.3 Å². The number of carbonyl (C=O) groups excluding carboxylic acids is 3. The van der Waals surface area contributed by atoms with Crippen LogP contribution in [0.4, 0.5) is 5.13 Å². The number of nitrogens with zero attached hydrogens (tertiary/aromatic N) is 2. The average molecular weight is 546 g/mol. The molecule has 8 heteroatoms. The molecule has 0 spiro atoms. The highest BCUT2D eigenvalue weighted by Crippen LogP contribution is 2.60. The number of nitrogens with one attached hydrogen (secondary N) is 1. The van der Waals surface area contributed by atoms with Crippen molar-refractivity contribution in [3.8, 4) is 17.0 Å². The lowest BCUT2D eigenvalue weighted by molar-refractivity contribution is -0.172. The fraction of sp³-hybridized carbons (Fsp3) is 0.419. The molecule has 1 aliphatic carbocycles. The number of ether oxygens (including phenoxy) is 1. The zero-order chi connectivity index (χ0) is 27.8. The van der Waals surface area contributed by atoms with E-state index in [0.717, 1.165) is 29.0 Å². The number of imide groups is 1. The van der Waals surface area contributed by atoms with Gasteiger partial charge < -0.3 is 10.1 Å². The number of hydrogen-bond acceptors (Lipinski definition) is 6. The van der Waals surface area contributed by atoms with Gasteiger partial charge in [-0.1, -0.05) is 58.0 Å². The van der Waals surface area contributed by atoms with E-state index in [1.807, 2.05) is 80.7 Å². The smallest absolute Gasteiger partial charge is 0.249 e. The molecule has 2 bridgehead atoms. The minimum atomic E-state index is -0.967. The predicted octanol–water partition coefficient (Wildman–Crippen LogP) is 5.96. The highest BCUT2D eigenvalue weighted by atomic mass is 32.1. The molecule has 3 atom stereocenters. The lowest BCUT2D eigenvalue weighted by atomic mass is 9.62. The summed E-state index contributed by atoms with van der Waals surface area (Å²) < 4.78 is 5.66. The van der Waals surface area contributed by atoms with Gasteiger partial charge in [0.1, 0.15) is 11.8 Å². The zero-order valence-corrected chi connectivity index (χ0v) is 23.7. The van der Waals surface area contributed by atoms with Gasteiger partial charge in [0.2, 0.25) is 17.7 Å². The second-order valence-corrected chi connectivity index (χ2v) is 12.1. The van der Waals surface area contributed by atoms with Crippen LogP contribution in [0.2, 0.25) is 0 Å². The summed E-state index contributed by atoms with van der Waals surface area (Å²) in [6.07, 6.45) is 2.48. The Balaban J connectivity index is 1.40. The van der Waals surface area contributed by atoms with Gasteiger partial charge in [0.15, 0.2) is 5.13 Å². The maximum Gasteiger partial charge on any atom is 0.249 e. The molecule has 1 saturated heterocycles. The van der Waals surface area contributed by atoms with Crippen LogP contribution in [0.5, 0.6) is 5.75 Å². The number of likely N-dealkylation sites (tertiary alicyclic amines) is 1. The van der Waals surface area contributed by atoms with E-state index >= 15 is 0 Å². The third kappa shape index (κ3) is 4.86. The molecule has 2 heterocycles. The molecular weight excluding hydrogens is 510 g/mol. The van der Waals surface area contributed by atoms with Gasteiger partial charge in [-0.05, 0) is 54.5 Å². The maximum atomic E-state index is 13.9. The summed E-state index contributed by atoms with van der Waals surface area (Å²) in [6.45, 7) is 8.67. The number of benzene rings is 2. The summed E-state index contributed by atoms with van der Waals surface area (Å²) in [6, 6.07) is 16.2.